The molecule has 1 aromatic heterocycles. The number of sulfonamides is 1. The molecule has 122 valence electrons. The molecule has 3 rings (SSSR count). The van der Waals surface area contributed by atoms with Crippen LogP contribution in [0, 0.1) is 0 Å². The monoisotopic (exact) mass is 398 g/mol. The molecule has 1 aromatic carbocycles. The highest BCUT2D eigenvalue weighted by Gasteiger charge is 2.35. The SMILES string of the molecule is COc1ccc(Br)cc1S(=O)(=O)N1CC(C)Oc2ncccc21. The zero-order valence-electron chi connectivity index (χ0n) is 12.6. The first kappa shape index (κ1) is 16.1. The van der Waals surface area contributed by atoms with Gasteiger partial charge in [-0.2, -0.15) is 0 Å². The number of hydrogen-bond acceptors (Lipinski definition) is 5. The number of methoxy groups -OCH3 is 1. The number of benzene rings is 1. The Labute approximate surface area is 143 Å². The fourth-order valence-electron chi connectivity index (χ4n) is 2.42. The summed E-state index contributed by atoms with van der Waals surface area (Å²) in [5.74, 6) is 0.599. The molecule has 1 unspecified atom stereocenters. The molecule has 0 saturated heterocycles. The lowest BCUT2D eigenvalue weighted by Crippen LogP contribution is -2.42. The normalized spacial score (nSPS) is 17.3. The van der Waals surface area contributed by atoms with Crippen molar-refractivity contribution in [3.8, 4) is 11.6 Å². The third kappa shape index (κ3) is 2.88. The number of ether oxygens (including phenoxy) is 2. The standard InChI is InChI=1S/C15H15BrN2O4S/c1-10-9-18(12-4-3-7-17-15(12)22-10)23(19,20)14-8-11(16)5-6-13(14)21-2/h3-8,10H,9H2,1-2H3. The molecule has 0 fully saturated rings. The molecule has 0 bridgehead atoms. The van der Waals surface area contributed by atoms with Crippen LogP contribution in [0.2, 0.25) is 0 Å². The Kier molecular flexibility index (Phi) is 4.20. The number of pyridine rings is 1. The van der Waals surface area contributed by atoms with Crippen LogP contribution in [0.4, 0.5) is 5.69 Å². The number of halogens is 1. The van der Waals surface area contributed by atoms with Gasteiger partial charge >= 0.3 is 0 Å². The molecule has 0 N–H and O–H groups in total. The lowest BCUT2D eigenvalue weighted by Gasteiger charge is -2.33. The van der Waals surface area contributed by atoms with Crippen LogP contribution < -0.4 is 13.8 Å². The zero-order valence-corrected chi connectivity index (χ0v) is 15.0. The maximum Gasteiger partial charge on any atom is 0.268 e. The fourth-order valence-corrected chi connectivity index (χ4v) is 4.66. The lowest BCUT2D eigenvalue weighted by atomic mass is 10.3. The molecule has 1 atom stereocenters. The van der Waals surface area contributed by atoms with Crippen LogP contribution in [0.3, 0.4) is 0 Å². The summed E-state index contributed by atoms with van der Waals surface area (Å²) in [6.07, 6.45) is 1.27. The molecule has 2 heterocycles. The van der Waals surface area contributed by atoms with Gasteiger partial charge in [-0.3, -0.25) is 4.31 Å². The van der Waals surface area contributed by atoms with Gasteiger partial charge in [0.25, 0.3) is 10.0 Å². The summed E-state index contributed by atoms with van der Waals surface area (Å²) in [7, 11) is -2.37. The maximum atomic E-state index is 13.2. The van der Waals surface area contributed by atoms with Crippen molar-refractivity contribution >= 4 is 31.6 Å². The van der Waals surface area contributed by atoms with Crippen molar-refractivity contribution in [2.45, 2.75) is 17.9 Å². The van der Waals surface area contributed by atoms with Crippen LogP contribution in [0.1, 0.15) is 6.92 Å². The van der Waals surface area contributed by atoms with Gasteiger partial charge in [0, 0.05) is 10.7 Å². The van der Waals surface area contributed by atoms with Gasteiger partial charge in [0.15, 0.2) is 0 Å². The van der Waals surface area contributed by atoms with Crippen molar-refractivity contribution < 1.29 is 17.9 Å². The fraction of sp³-hybridized carbons (Fsp3) is 0.267. The molecule has 0 amide bonds. The smallest absolute Gasteiger partial charge is 0.268 e. The first-order valence-electron chi connectivity index (χ1n) is 6.91. The summed E-state index contributed by atoms with van der Waals surface area (Å²) >= 11 is 3.31. The Balaban J connectivity index is 2.16. The van der Waals surface area contributed by atoms with E-state index in [-0.39, 0.29) is 23.3 Å². The molecule has 0 aliphatic carbocycles. The minimum absolute atomic E-state index is 0.0956. The van der Waals surface area contributed by atoms with Gasteiger partial charge in [0.1, 0.15) is 22.4 Å². The largest absolute Gasteiger partial charge is 0.495 e. The molecule has 8 heteroatoms. The van der Waals surface area contributed by atoms with Crippen LogP contribution in [0.25, 0.3) is 0 Å². The number of aromatic nitrogens is 1. The van der Waals surface area contributed by atoms with Crippen LogP contribution in [-0.4, -0.2) is 33.2 Å². The molecule has 6 nitrogen and oxygen atoms in total. The summed E-state index contributed by atoms with van der Waals surface area (Å²) in [5, 5.41) is 0. The number of nitrogens with zero attached hydrogens (tertiary/aromatic N) is 2. The lowest BCUT2D eigenvalue weighted by molar-refractivity contribution is 0.210. The average molecular weight is 399 g/mol. The number of anilines is 1. The van der Waals surface area contributed by atoms with Crippen molar-refractivity contribution in [3.05, 3.63) is 41.0 Å². The van der Waals surface area contributed by atoms with Crippen molar-refractivity contribution in [2.75, 3.05) is 18.0 Å². The van der Waals surface area contributed by atoms with Gasteiger partial charge in [-0.25, -0.2) is 13.4 Å². The van der Waals surface area contributed by atoms with Crippen LogP contribution in [-0.2, 0) is 10.0 Å². The van der Waals surface area contributed by atoms with Gasteiger partial charge in [0.05, 0.1) is 13.7 Å². The van der Waals surface area contributed by atoms with E-state index in [2.05, 4.69) is 20.9 Å². The Morgan fingerprint density at radius 3 is 2.91 bits per heavy atom. The highest BCUT2D eigenvalue weighted by Crippen LogP contribution is 2.37. The molecular formula is C15H15BrN2O4S. The predicted molar refractivity (Wildman–Crippen MR) is 89.6 cm³/mol. The number of fused-ring (bicyclic) bond motifs is 1. The zero-order chi connectivity index (χ0) is 16.6. The Morgan fingerprint density at radius 1 is 1.39 bits per heavy atom. The van der Waals surface area contributed by atoms with Crippen LogP contribution in [0.15, 0.2) is 45.9 Å². The van der Waals surface area contributed by atoms with Gasteiger partial charge in [-0.05, 0) is 37.3 Å². The molecule has 1 aliphatic heterocycles. The second kappa shape index (κ2) is 6.01. The summed E-state index contributed by atoms with van der Waals surface area (Å²) in [6, 6.07) is 8.24. The number of hydrogen-bond donors (Lipinski definition) is 0. The molecule has 23 heavy (non-hydrogen) atoms. The minimum Gasteiger partial charge on any atom is -0.495 e. The quantitative estimate of drug-likeness (QED) is 0.794. The average Bonchev–Trinajstić information content (AvgIpc) is 2.54. The maximum absolute atomic E-state index is 13.2. The van der Waals surface area contributed by atoms with E-state index in [9.17, 15) is 8.42 Å². The topological polar surface area (TPSA) is 68.7 Å². The summed E-state index contributed by atoms with van der Waals surface area (Å²) < 4.78 is 39.1. The van der Waals surface area contributed by atoms with Gasteiger partial charge in [-0.15, -0.1) is 0 Å². The van der Waals surface area contributed by atoms with Gasteiger partial charge in [0.2, 0.25) is 5.88 Å². The second-order valence-corrected chi connectivity index (χ2v) is 7.83. The first-order valence-corrected chi connectivity index (χ1v) is 9.14. The summed E-state index contributed by atoms with van der Waals surface area (Å²) in [4.78, 5) is 4.21. The Morgan fingerprint density at radius 2 is 2.17 bits per heavy atom. The van der Waals surface area contributed by atoms with Crippen molar-refractivity contribution in [2.24, 2.45) is 0 Å². The van der Waals surface area contributed by atoms with Gasteiger partial charge < -0.3 is 9.47 Å². The van der Waals surface area contributed by atoms with E-state index in [1.807, 2.05) is 0 Å². The summed E-state index contributed by atoms with van der Waals surface area (Å²) in [6.45, 7) is 2.01. The van der Waals surface area contributed by atoms with Crippen molar-refractivity contribution in [1.82, 2.24) is 4.98 Å². The summed E-state index contributed by atoms with van der Waals surface area (Å²) in [5.41, 5.74) is 0.424. The molecular weight excluding hydrogens is 384 g/mol. The Bertz CT molecular complexity index is 841. The van der Waals surface area contributed by atoms with E-state index < -0.39 is 10.0 Å². The van der Waals surface area contributed by atoms with Crippen molar-refractivity contribution in [3.63, 3.8) is 0 Å². The number of rotatable bonds is 3. The Hall–Kier alpha value is -1.80. The van der Waals surface area contributed by atoms with Crippen molar-refractivity contribution in [1.29, 1.82) is 0 Å². The predicted octanol–water partition coefficient (Wildman–Crippen LogP) is 2.83. The van der Waals surface area contributed by atoms with Gasteiger partial charge in [-0.1, -0.05) is 15.9 Å². The van der Waals surface area contributed by atoms with E-state index in [1.165, 1.54) is 17.5 Å². The third-order valence-electron chi connectivity index (χ3n) is 3.45. The molecule has 0 spiro atoms. The van der Waals surface area contributed by atoms with E-state index in [0.717, 1.165) is 0 Å². The third-order valence-corrected chi connectivity index (χ3v) is 5.74. The second-order valence-electron chi connectivity index (χ2n) is 5.09. The van der Waals surface area contributed by atoms with Crippen LogP contribution >= 0.6 is 15.9 Å². The molecule has 2 aromatic rings. The van der Waals surface area contributed by atoms with E-state index in [4.69, 9.17) is 9.47 Å². The highest BCUT2D eigenvalue weighted by atomic mass is 79.9. The molecule has 0 radical (unpaired) electrons. The van der Waals surface area contributed by atoms with E-state index >= 15 is 0 Å². The molecule has 0 saturated carbocycles. The molecule has 1 aliphatic rings. The van der Waals surface area contributed by atoms with Crippen LogP contribution in [0.5, 0.6) is 11.6 Å². The van der Waals surface area contributed by atoms with E-state index in [1.54, 1.807) is 37.4 Å². The highest BCUT2D eigenvalue weighted by molar-refractivity contribution is 9.10. The minimum atomic E-state index is -3.82. The first-order chi connectivity index (χ1) is 10.9. The van der Waals surface area contributed by atoms with E-state index in [0.29, 0.717) is 16.0 Å².